The summed E-state index contributed by atoms with van der Waals surface area (Å²) < 4.78 is 0.506. The van der Waals surface area contributed by atoms with E-state index in [1.807, 2.05) is 6.07 Å². The maximum absolute atomic E-state index is 12.7. The molecule has 2 amide bonds. The van der Waals surface area contributed by atoms with E-state index in [0.717, 1.165) is 23.1 Å². The van der Waals surface area contributed by atoms with Gasteiger partial charge in [-0.1, -0.05) is 53.4 Å². The van der Waals surface area contributed by atoms with Crippen LogP contribution in [0.15, 0.2) is 45.3 Å². The lowest BCUT2D eigenvalue weighted by atomic mass is 9.86. The van der Waals surface area contributed by atoms with E-state index in [1.54, 1.807) is 24.3 Å². The highest BCUT2D eigenvalue weighted by atomic mass is 32.2. The van der Waals surface area contributed by atoms with Crippen molar-refractivity contribution in [1.82, 2.24) is 20.4 Å². The van der Waals surface area contributed by atoms with Crippen LogP contribution in [0.2, 0.25) is 0 Å². The fourth-order valence-electron chi connectivity index (χ4n) is 3.55. The molecule has 1 aromatic carbocycles. The fraction of sp³-hybridized carbons (Fsp3) is 0.278. The highest BCUT2D eigenvalue weighted by molar-refractivity contribution is 8.04. The largest absolute Gasteiger partial charge is 0.477 e. The molecule has 12 heteroatoms. The SMILES string of the molecule is Nc1nnc(SC2=C(C(=O)O)N3C(=O)[C@@H](NC(=O)[C@H](N)c4ccccc4)[C@H]3CC2)s1. The molecule has 30 heavy (non-hydrogen) atoms. The second-order valence-electron chi connectivity index (χ2n) is 6.77. The number of carboxylic acids is 1. The molecular weight excluding hydrogens is 428 g/mol. The molecule has 1 aromatic heterocycles. The topological polar surface area (TPSA) is 165 Å². The van der Waals surface area contributed by atoms with Gasteiger partial charge < -0.3 is 21.9 Å². The lowest BCUT2D eigenvalue weighted by Crippen LogP contribution is -2.72. The van der Waals surface area contributed by atoms with Crippen LogP contribution >= 0.6 is 23.1 Å². The minimum atomic E-state index is -1.21. The Morgan fingerprint density at radius 2 is 2.03 bits per heavy atom. The molecule has 2 aliphatic heterocycles. The van der Waals surface area contributed by atoms with Gasteiger partial charge in [0.1, 0.15) is 17.8 Å². The number of allylic oxidation sites excluding steroid dienone is 1. The van der Waals surface area contributed by atoms with Crippen LogP contribution in [0.1, 0.15) is 24.4 Å². The molecule has 3 heterocycles. The zero-order valence-electron chi connectivity index (χ0n) is 15.5. The van der Waals surface area contributed by atoms with Crippen molar-refractivity contribution in [1.29, 1.82) is 0 Å². The first-order valence-corrected chi connectivity index (χ1v) is 10.7. The maximum Gasteiger partial charge on any atom is 0.353 e. The molecule has 2 aliphatic rings. The number of benzene rings is 1. The van der Waals surface area contributed by atoms with Gasteiger partial charge in [-0.15, -0.1) is 10.2 Å². The highest BCUT2D eigenvalue weighted by Gasteiger charge is 2.53. The number of β-lactam (4-membered cyclic amide) rings is 1. The molecule has 156 valence electrons. The first-order chi connectivity index (χ1) is 14.4. The van der Waals surface area contributed by atoms with E-state index in [2.05, 4.69) is 15.5 Å². The summed E-state index contributed by atoms with van der Waals surface area (Å²) in [4.78, 5) is 38.9. The molecule has 10 nitrogen and oxygen atoms in total. The normalized spacial score (nSPS) is 21.6. The Morgan fingerprint density at radius 3 is 2.67 bits per heavy atom. The maximum atomic E-state index is 12.7. The summed E-state index contributed by atoms with van der Waals surface area (Å²) in [6, 6.07) is 6.67. The second-order valence-corrected chi connectivity index (χ2v) is 9.13. The van der Waals surface area contributed by atoms with E-state index in [0.29, 0.717) is 27.6 Å². The Labute approximate surface area is 179 Å². The number of amides is 2. The number of anilines is 1. The number of hydrogen-bond donors (Lipinski definition) is 4. The van der Waals surface area contributed by atoms with Crippen molar-refractivity contribution in [3.05, 3.63) is 46.5 Å². The summed E-state index contributed by atoms with van der Waals surface area (Å²) in [5.41, 5.74) is 12.1. The van der Waals surface area contributed by atoms with Gasteiger partial charge >= 0.3 is 5.97 Å². The minimum Gasteiger partial charge on any atom is -0.477 e. The van der Waals surface area contributed by atoms with Crippen LogP contribution in [0, 0.1) is 0 Å². The lowest BCUT2D eigenvalue weighted by Gasteiger charge is -2.50. The summed E-state index contributed by atoms with van der Waals surface area (Å²) in [7, 11) is 0. The molecular formula is C18H18N6O4S2. The molecule has 4 rings (SSSR count). The van der Waals surface area contributed by atoms with Crippen LogP contribution < -0.4 is 16.8 Å². The van der Waals surface area contributed by atoms with Crippen molar-refractivity contribution in [2.45, 2.75) is 35.3 Å². The molecule has 3 atom stereocenters. The van der Waals surface area contributed by atoms with Crippen molar-refractivity contribution in [3.8, 4) is 0 Å². The standard InChI is InChI=1S/C18H18N6O4S2/c19-11(8-4-2-1-3-5-8)14(25)21-12-9-6-7-10(29-18-23-22-17(20)30-18)13(16(27)28)24(9)15(12)26/h1-5,9,11-12H,6-7,19H2,(H2,20,22)(H,21,25)(H,27,28)/t9-,11-,12+/m1/s1. The quantitative estimate of drug-likeness (QED) is 0.467. The summed E-state index contributed by atoms with van der Waals surface area (Å²) >= 11 is 2.29. The van der Waals surface area contributed by atoms with Crippen LogP contribution in [-0.2, 0) is 14.4 Å². The lowest BCUT2D eigenvalue weighted by molar-refractivity contribution is -0.156. The average molecular weight is 447 g/mol. The number of carbonyl (C=O) groups is 3. The predicted molar refractivity (Wildman–Crippen MR) is 110 cm³/mol. The summed E-state index contributed by atoms with van der Waals surface area (Å²) in [5.74, 6) is -2.16. The van der Waals surface area contributed by atoms with Crippen molar-refractivity contribution in [2.24, 2.45) is 5.73 Å². The van der Waals surface area contributed by atoms with Gasteiger partial charge in [0.15, 0.2) is 4.34 Å². The molecule has 0 saturated carbocycles. The zero-order chi connectivity index (χ0) is 21.4. The Morgan fingerprint density at radius 1 is 1.30 bits per heavy atom. The summed E-state index contributed by atoms with van der Waals surface area (Å²) in [5, 5.41) is 20.3. The van der Waals surface area contributed by atoms with Crippen molar-refractivity contribution in [3.63, 3.8) is 0 Å². The first kappa shape index (κ1) is 20.3. The number of carbonyl (C=O) groups excluding carboxylic acids is 2. The Bertz CT molecular complexity index is 1040. The molecule has 0 unspecified atom stereocenters. The van der Waals surface area contributed by atoms with Gasteiger partial charge in [0.2, 0.25) is 11.0 Å². The van der Waals surface area contributed by atoms with Gasteiger partial charge in [-0.05, 0) is 18.4 Å². The number of thioether (sulfide) groups is 1. The van der Waals surface area contributed by atoms with E-state index in [4.69, 9.17) is 11.5 Å². The average Bonchev–Trinajstić information content (AvgIpc) is 3.15. The molecule has 6 N–H and O–H groups in total. The number of carboxylic acid groups (broad SMARTS) is 1. The van der Waals surface area contributed by atoms with Gasteiger partial charge in [-0.3, -0.25) is 14.5 Å². The smallest absolute Gasteiger partial charge is 0.353 e. The summed E-state index contributed by atoms with van der Waals surface area (Å²) in [6.07, 6.45) is 0.933. The number of nitrogen functional groups attached to an aromatic ring is 1. The second kappa shape index (κ2) is 8.05. The van der Waals surface area contributed by atoms with Crippen LogP contribution in [0.25, 0.3) is 0 Å². The van der Waals surface area contributed by atoms with Crippen LogP contribution in [0.3, 0.4) is 0 Å². The van der Waals surface area contributed by atoms with E-state index in [1.165, 1.54) is 4.90 Å². The van der Waals surface area contributed by atoms with Gasteiger partial charge in [0.05, 0.1) is 6.04 Å². The number of aliphatic carboxylic acids is 1. The Kier molecular flexibility index (Phi) is 5.45. The number of rotatable bonds is 6. The number of fused-ring (bicyclic) bond motifs is 1. The third-order valence-electron chi connectivity index (χ3n) is 4.97. The van der Waals surface area contributed by atoms with Gasteiger partial charge in [0, 0.05) is 4.91 Å². The molecule has 1 saturated heterocycles. The predicted octanol–water partition coefficient (Wildman–Crippen LogP) is 0.698. The number of aromatic nitrogens is 2. The number of nitrogens with zero attached hydrogens (tertiary/aromatic N) is 3. The van der Waals surface area contributed by atoms with Crippen LogP contribution in [0.5, 0.6) is 0 Å². The fourth-order valence-corrected chi connectivity index (χ4v) is 5.41. The summed E-state index contributed by atoms with van der Waals surface area (Å²) in [6.45, 7) is 0. The van der Waals surface area contributed by atoms with Crippen LogP contribution in [0.4, 0.5) is 5.13 Å². The Balaban J connectivity index is 1.50. The van der Waals surface area contributed by atoms with E-state index in [-0.39, 0.29) is 10.8 Å². The third kappa shape index (κ3) is 3.64. The van der Waals surface area contributed by atoms with Crippen molar-refractivity contribution < 1.29 is 19.5 Å². The van der Waals surface area contributed by atoms with Gasteiger partial charge in [0.25, 0.3) is 5.91 Å². The van der Waals surface area contributed by atoms with Gasteiger partial charge in [-0.2, -0.15) is 0 Å². The van der Waals surface area contributed by atoms with E-state index in [9.17, 15) is 19.5 Å². The molecule has 0 aliphatic carbocycles. The molecule has 0 spiro atoms. The highest BCUT2D eigenvalue weighted by Crippen LogP contribution is 2.43. The zero-order valence-corrected chi connectivity index (χ0v) is 17.2. The van der Waals surface area contributed by atoms with Crippen LogP contribution in [-0.4, -0.2) is 50.1 Å². The molecule has 1 fully saturated rings. The van der Waals surface area contributed by atoms with E-state index < -0.39 is 35.9 Å². The molecule has 0 radical (unpaired) electrons. The van der Waals surface area contributed by atoms with Crippen molar-refractivity contribution in [2.75, 3.05) is 5.73 Å². The number of hydrogen-bond acceptors (Lipinski definition) is 9. The molecule has 2 aromatic rings. The number of nitrogens with one attached hydrogen (secondary N) is 1. The van der Waals surface area contributed by atoms with E-state index >= 15 is 0 Å². The Hall–Kier alpha value is -2.96. The number of nitrogens with two attached hydrogens (primary N) is 2. The van der Waals surface area contributed by atoms with Gasteiger partial charge in [-0.25, -0.2) is 4.79 Å². The van der Waals surface area contributed by atoms with Crippen molar-refractivity contribution >= 4 is 46.0 Å². The first-order valence-electron chi connectivity index (χ1n) is 9.04. The minimum absolute atomic E-state index is 0.0899. The molecule has 0 bridgehead atoms. The monoisotopic (exact) mass is 446 g/mol. The third-order valence-corrected chi connectivity index (χ3v) is 6.91.